The van der Waals surface area contributed by atoms with Crippen molar-refractivity contribution in [1.29, 1.82) is 0 Å². The number of carbonyl (C=O) groups is 2. The summed E-state index contributed by atoms with van der Waals surface area (Å²) in [5.41, 5.74) is 1.96. The van der Waals surface area contributed by atoms with E-state index in [0.29, 0.717) is 13.1 Å². The van der Waals surface area contributed by atoms with Gasteiger partial charge in [-0.3, -0.25) is 9.59 Å². The molecule has 0 radical (unpaired) electrons. The van der Waals surface area contributed by atoms with Gasteiger partial charge in [0.25, 0.3) is 0 Å². The highest BCUT2D eigenvalue weighted by Gasteiger charge is 2.38. The standard InChI is InChI=1S/C18H19BrN2O2/c1-18(19,16(22)20-12-14-8-4-2-5-9-14)17(23)21-13-15-10-6-3-7-11-15/h2-11H,12-13H2,1H3,(H,20,22)(H,21,23). The molecule has 0 atom stereocenters. The molecule has 2 amide bonds. The normalized spacial score (nSPS) is 10.9. The van der Waals surface area contributed by atoms with E-state index in [9.17, 15) is 9.59 Å². The first-order chi connectivity index (χ1) is 11.0. The van der Waals surface area contributed by atoms with Crippen LogP contribution in [-0.2, 0) is 22.7 Å². The van der Waals surface area contributed by atoms with Crippen LogP contribution < -0.4 is 10.6 Å². The average molecular weight is 375 g/mol. The number of halogens is 1. The van der Waals surface area contributed by atoms with Crippen LogP contribution in [0.5, 0.6) is 0 Å². The molecule has 2 aromatic rings. The molecular weight excluding hydrogens is 356 g/mol. The summed E-state index contributed by atoms with van der Waals surface area (Å²) in [5.74, 6) is -0.737. The molecule has 0 saturated heterocycles. The Kier molecular flexibility index (Phi) is 5.93. The molecule has 2 aromatic carbocycles. The van der Waals surface area contributed by atoms with Gasteiger partial charge in [-0.15, -0.1) is 0 Å². The second kappa shape index (κ2) is 7.92. The summed E-state index contributed by atoms with van der Waals surface area (Å²) in [4.78, 5) is 24.5. The lowest BCUT2D eigenvalue weighted by Crippen LogP contribution is -2.50. The molecule has 5 heteroatoms. The highest BCUT2D eigenvalue weighted by Crippen LogP contribution is 2.18. The minimum Gasteiger partial charge on any atom is -0.350 e. The Morgan fingerprint density at radius 1 is 0.826 bits per heavy atom. The lowest BCUT2D eigenvalue weighted by atomic mass is 10.1. The molecular formula is C18H19BrN2O2. The zero-order valence-electron chi connectivity index (χ0n) is 12.9. The van der Waals surface area contributed by atoms with Gasteiger partial charge in [0.05, 0.1) is 0 Å². The summed E-state index contributed by atoms with van der Waals surface area (Å²) < 4.78 is -1.31. The molecule has 120 valence electrons. The minimum absolute atomic E-state index is 0.369. The van der Waals surface area contributed by atoms with E-state index < -0.39 is 4.32 Å². The zero-order valence-corrected chi connectivity index (χ0v) is 14.5. The van der Waals surface area contributed by atoms with Crippen LogP contribution in [0, 0.1) is 0 Å². The van der Waals surface area contributed by atoms with E-state index in [1.165, 1.54) is 0 Å². The number of carbonyl (C=O) groups excluding carboxylic acids is 2. The van der Waals surface area contributed by atoms with E-state index in [0.717, 1.165) is 11.1 Å². The first kappa shape index (κ1) is 17.2. The molecule has 0 aliphatic rings. The summed E-state index contributed by atoms with van der Waals surface area (Å²) in [6, 6.07) is 19.1. The quantitative estimate of drug-likeness (QED) is 0.603. The average Bonchev–Trinajstić information content (AvgIpc) is 2.59. The van der Waals surface area contributed by atoms with Crippen LogP contribution in [0.2, 0.25) is 0 Å². The van der Waals surface area contributed by atoms with Crippen LogP contribution in [0.1, 0.15) is 18.1 Å². The van der Waals surface area contributed by atoms with Crippen molar-refractivity contribution in [2.45, 2.75) is 24.3 Å². The van der Waals surface area contributed by atoms with Crippen LogP contribution >= 0.6 is 15.9 Å². The monoisotopic (exact) mass is 374 g/mol. The van der Waals surface area contributed by atoms with Gasteiger partial charge < -0.3 is 10.6 Å². The maximum absolute atomic E-state index is 12.3. The van der Waals surface area contributed by atoms with Crippen molar-refractivity contribution in [2.75, 3.05) is 0 Å². The zero-order chi connectivity index (χ0) is 16.7. The van der Waals surface area contributed by atoms with Crippen LogP contribution in [0.4, 0.5) is 0 Å². The minimum atomic E-state index is -1.31. The fourth-order valence-corrected chi connectivity index (χ4v) is 2.27. The number of hydrogen-bond donors (Lipinski definition) is 2. The van der Waals surface area contributed by atoms with Crippen LogP contribution in [0.3, 0.4) is 0 Å². The van der Waals surface area contributed by atoms with E-state index >= 15 is 0 Å². The number of hydrogen-bond acceptors (Lipinski definition) is 2. The third-order valence-corrected chi connectivity index (χ3v) is 4.16. The maximum atomic E-state index is 12.3. The number of alkyl halides is 1. The van der Waals surface area contributed by atoms with Gasteiger partial charge in [0, 0.05) is 13.1 Å². The first-order valence-corrected chi connectivity index (χ1v) is 8.13. The third kappa shape index (κ3) is 4.93. The predicted molar refractivity (Wildman–Crippen MR) is 93.9 cm³/mol. The van der Waals surface area contributed by atoms with Crippen LogP contribution in [0.15, 0.2) is 60.7 Å². The lowest BCUT2D eigenvalue weighted by molar-refractivity contribution is -0.132. The van der Waals surface area contributed by atoms with E-state index in [1.807, 2.05) is 60.7 Å². The van der Waals surface area contributed by atoms with E-state index in [1.54, 1.807) is 6.92 Å². The topological polar surface area (TPSA) is 58.2 Å². The van der Waals surface area contributed by atoms with Crippen LogP contribution in [0.25, 0.3) is 0 Å². The number of benzene rings is 2. The second-order valence-corrected chi connectivity index (χ2v) is 6.93. The molecule has 0 aliphatic carbocycles. The molecule has 4 nitrogen and oxygen atoms in total. The van der Waals surface area contributed by atoms with Crippen LogP contribution in [-0.4, -0.2) is 16.1 Å². The highest BCUT2D eigenvalue weighted by atomic mass is 79.9. The number of amides is 2. The Labute approximate surface area is 144 Å². The number of nitrogens with one attached hydrogen (secondary N) is 2. The summed E-state index contributed by atoms with van der Waals surface area (Å²) in [5, 5.41) is 5.54. The van der Waals surface area contributed by atoms with E-state index in [-0.39, 0.29) is 11.8 Å². The van der Waals surface area contributed by atoms with Gasteiger partial charge in [0.15, 0.2) is 4.32 Å². The van der Waals surface area contributed by atoms with Gasteiger partial charge in [0.1, 0.15) is 0 Å². The molecule has 0 aromatic heterocycles. The van der Waals surface area contributed by atoms with Gasteiger partial charge in [0.2, 0.25) is 11.8 Å². The fraction of sp³-hybridized carbons (Fsp3) is 0.222. The first-order valence-electron chi connectivity index (χ1n) is 7.33. The Morgan fingerprint density at radius 3 is 1.52 bits per heavy atom. The molecule has 0 saturated carbocycles. The second-order valence-electron chi connectivity index (χ2n) is 5.34. The summed E-state index contributed by atoms with van der Waals surface area (Å²) >= 11 is 3.24. The molecule has 0 fully saturated rings. The van der Waals surface area contributed by atoms with Gasteiger partial charge in [-0.2, -0.15) is 0 Å². The Morgan fingerprint density at radius 2 is 1.17 bits per heavy atom. The van der Waals surface area contributed by atoms with Gasteiger partial charge in [-0.25, -0.2) is 0 Å². The molecule has 0 heterocycles. The molecule has 23 heavy (non-hydrogen) atoms. The Balaban J connectivity index is 1.88. The van der Waals surface area contributed by atoms with Crippen molar-refractivity contribution in [3.63, 3.8) is 0 Å². The molecule has 2 N–H and O–H groups in total. The predicted octanol–water partition coefficient (Wildman–Crippen LogP) is 2.77. The van der Waals surface area contributed by atoms with Gasteiger partial charge in [-0.1, -0.05) is 76.6 Å². The molecule has 2 rings (SSSR count). The SMILES string of the molecule is CC(Br)(C(=O)NCc1ccccc1)C(=O)NCc1ccccc1. The van der Waals surface area contributed by atoms with Crippen molar-refractivity contribution >= 4 is 27.7 Å². The third-order valence-electron chi connectivity index (χ3n) is 3.44. The van der Waals surface area contributed by atoms with Gasteiger partial charge >= 0.3 is 0 Å². The Hall–Kier alpha value is -2.14. The van der Waals surface area contributed by atoms with Crippen molar-refractivity contribution < 1.29 is 9.59 Å². The highest BCUT2D eigenvalue weighted by molar-refractivity contribution is 9.10. The smallest absolute Gasteiger partial charge is 0.246 e. The fourth-order valence-electron chi connectivity index (χ4n) is 1.99. The molecule has 0 spiro atoms. The van der Waals surface area contributed by atoms with E-state index in [2.05, 4.69) is 26.6 Å². The summed E-state index contributed by atoms with van der Waals surface area (Å²) in [7, 11) is 0. The largest absolute Gasteiger partial charge is 0.350 e. The van der Waals surface area contributed by atoms with Crippen molar-refractivity contribution in [3.8, 4) is 0 Å². The Bertz CT molecular complexity index is 600. The van der Waals surface area contributed by atoms with Crippen molar-refractivity contribution in [2.24, 2.45) is 0 Å². The van der Waals surface area contributed by atoms with Gasteiger partial charge in [-0.05, 0) is 18.1 Å². The molecule has 0 aliphatic heterocycles. The van der Waals surface area contributed by atoms with Crippen molar-refractivity contribution in [1.82, 2.24) is 10.6 Å². The summed E-state index contributed by atoms with van der Waals surface area (Å²) in [6.07, 6.45) is 0. The maximum Gasteiger partial charge on any atom is 0.246 e. The van der Waals surface area contributed by atoms with Crippen molar-refractivity contribution in [3.05, 3.63) is 71.8 Å². The number of rotatable bonds is 6. The summed E-state index contributed by atoms with van der Waals surface area (Å²) in [6.45, 7) is 2.31. The lowest BCUT2D eigenvalue weighted by Gasteiger charge is -2.21. The molecule has 0 unspecified atom stereocenters. The van der Waals surface area contributed by atoms with E-state index in [4.69, 9.17) is 0 Å². The molecule has 0 bridgehead atoms.